The summed E-state index contributed by atoms with van der Waals surface area (Å²) < 4.78 is 218. The van der Waals surface area contributed by atoms with Crippen LogP contribution in [0.5, 0.6) is 0 Å². The van der Waals surface area contributed by atoms with Gasteiger partial charge in [0, 0.05) is 0 Å². The molecular formula is C54H57Cl2F15SiZr. The molecule has 2 unspecified atom stereocenters. The van der Waals surface area contributed by atoms with Crippen LogP contribution in [-0.4, -0.2) is 13.1 Å². The van der Waals surface area contributed by atoms with Gasteiger partial charge in [0.1, 0.15) is 0 Å². The van der Waals surface area contributed by atoms with Crippen LogP contribution in [0.2, 0.25) is 8.76 Å². The number of halogens is 17. The van der Waals surface area contributed by atoms with E-state index in [0.717, 1.165) is 88.2 Å². The summed E-state index contributed by atoms with van der Waals surface area (Å²) in [7, 11) is 0. The van der Waals surface area contributed by atoms with Crippen LogP contribution in [0.4, 0.5) is 65.9 Å². The summed E-state index contributed by atoms with van der Waals surface area (Å²) >= 11 is -5.73. The van der Waals surface area contributed by atoms with Crippen LogP contribution >= 0.6 is 24.8 Å². The van der Waals surface area contributed by atoms with Crippen molar-refractivity contribution in [1.82, 2.24) is 0 Å². The van der Waals surface area contributed by atoms with E-state index in [4.69, 9.17) is 0 Å². The van der Waals surface area contributed by atoms with Crippen LogP contribution in [-0.2, 0) is 42.1 Å². The fourth-order valence-corrected chi connectivity index (χ4v) is 36.5. The Morgan fingerprint density at radius 1 is 0.466 bits per heavy atom. The van der Waals surface area contributed by atoms with E-state index >= 15 is 13.2 Å². The molecule has 2 fully saturated rings. The number of benzene rings is 4. The molecule has 0 aliphatic heterocycles. The quantitative estimate of drug-likeness (QED) is 0.0843. The molecule has 4 aliphatic rings. The maximum atomic E-state index is 15.1. The standard InChI is InChI=1S/2C25H23F6.C3H4F3.CH3.2ClH.H2Si.Zr/c2*26-24(27,28)20-13-19(14-21(15-20)25(29,30)31)22-9-5-8-18-11-17(12-23(18)22)10-16-6-3-1-2-4-7-16;1-2-3(4,5)6;;;;;/h2*5,8-9,11-16H,1-4,6-7,10H2;1-2H2;1H3;2*1H;1H2;. The number of hydrogen-bond acceptors (Lipinski definition) is 0. The third-order valence-corrected chi connectivity index (χ3v) is 38.8. The Balaban J connectivity index is 0.00000435. The first-order valence-corrected chi connectivity index (χ1v) is 37.3. The van der Waals surface area contributed by atoms with Crippen LogP contribution in [0, 0.1) is 11.8 Å². The maximum absolute atomic E-state index is 15.1. The van der Waals surface area contributed by atoms with Gasteiger partial charge in [-0.3, -0.25) is 0 Å². The summed E-state index contributed by atoms with van der Waals surface area (Å²) in [6, 6.07) is 12.1. The molecule has 2 atom stereocenters. The Kier molecular flexibility index (Phi) is 17.7. The van der Waals surface area contributed by atoms with Crippen LogP contribution in [0.1, 0.15) is 148 Å². The van der Waals surface area contributed by atoms with Gasteiger partial charge in [-0.25, -0.2) is 0 Å². The monoisotopic (exact) mass is 1180 g/mol. The van der Waals surface area contributed by atoms with Gasteiger partial charge in [0.25, 0.3) is 0 Å². The van der Waals surface area contributed by atoms with Gasteiger partial charge in [-0.2, -0.15) is 0 Å². The van der Waals surface area contributed by atoms with Crippen LogP contribution in [0.25, 0.3) is 34.4 Å². The summed E-state index contributed by atoms with van der Waals surface area (Å²) in [5.74, 6) is 0.151. The van der Waals surface area contributed by atoms with Crippen molar-refractivity contribution in [2.24, 2.45) is 11.8 Å². The normalized spacial score (nSPS) is 19.7. The molecule has 0 saturated heterocycles. The van der Waals surface area contributed by atoms with Crippen molar-refractivity contribution in [3.8, 4) is 22.3 Å². The van der Waals surface area contributed by atoms with E-state index in [1.807, 2.05) is 4.63 Å². The summed E-state index contributed by atoms with van der Waals surface area (Å²) in [6.07, 6.45) is -11.4. The molecule has 2 saturated carbocycles. The van der Waals surface area contributed by atoms with Gasteiger partial charge in [-0.1, -0.05) is 0 Å². The summed E-state index contributed by atoms with van der Waals surface area (Å²) in [4.78, 5) is 0. The topological polar surface area (TPSA) is 0 Å². The minimum atomic E-state index is -5.73. The zero-order chi connectivity index (χ0) is 51.6. The van der Waals surface area contributed by atoms with Crippen molar-refractivity contribution in [3.05, 3.63) is 128 Å². The van der Waals surface area contributed by atoms with Gasteiger partial charge >= 0.3 is 408 Å². The van der Waals surface area contributed by atoms with Crippen molar-refractivity contribution < 1.29 is 83.3 Å². The molecular weight excluding hydrogens is 1120 g/mol. The fourth-order valence-electron chi connectivity index (χ4n) is 12.8. The molecule has 0 bridgehead atoms. The molecule has 0 aromatic heterocycles. The summed E-state index contributed by atoms with van der Waals surface area (Å²) in [5, 5.41) is 0. The van der Waals surface area contributed by atoms with E-state index in [1.54, 1.807) is 31.2 Å². The van der Waals surface area contributed by atoms with Gasteiger partial charge in [0.15, 0.2) is 0 Å². The molecule has 0 N–H and O–H groups in total. The van der Waals surface area contributed by atoms with Crippen molar-refractivity contribution >= 4 is 43.8 Å². The third kappa shape index (κ3) is 12.9. The number of fused-ring (bicyclic) bond motifs is 2. The van der Waals surface area contributed by atoms with E-state index in [-0.39, 0.29) is 75.2 Å². The molecule has 0 radical (unpaired) electrons. The summed E-state index contributed by atoms with van der Waals surface area (Å²) in [5.41, 5.74) is -3.47. The fraction of sp³-hybridized carbons (Fsp3) is 0.481. The van der Waals surface area contributed by atoms with E-state index in [2.05, 4.69) is 0 Å². The molecule has 0 nitrogen and oxygen atoms in total. The molecule has 73 heavy (non-hydrogen) atoms. The Hall–Kier alpha value is -3.01. The van der Waals surface area contributed by atoms with Gasteiger partial charge in [0.2, 0.25) is 0 Å². The van der Waals surface area contributed by atoms with Crippen LogP contribution in [0.3, 0.4) is 0 Å². The predicted octanol–water partition coefficient (Wildman–Crippen LogP) is 19.9. The zero-order valence-electron chi connectivity index (χ0n) is 39.9. The summed E-state index contributed by atoms with van der Waals surface area (Å²) in [6.45, 7) is 1.60. The third-order valence-electron chi connectivity index (χ3n) is 15.9. The molecule has 400 valence electrons. The molecule has 0 amide bonds. The van der Waals surface area contributed by atoms with E-state index in [9.17, 15) is 52.7 Å². The average Bonchev–Trinajstić information content (AvgIpc) is 3.59. The predicted molar refractivity (Wildman–Crippen MR) is 261 cm³/mol. The Bertz CT molecular complexity index is 2530. The van der Waals surface area contributed by atoms with Crippen LogP contribution < -0.4 is 0 Å². The van der Waals surface area contributed by atoms with Crippen molar-refractivity contribution in [3.63, 3.8) is 0 Å². The van der Waals surface area contributed by atoms with E-state index < -0.39 is 84.2 Å². The first kappa shape index (κ1) is 59.2. The second-order valence-electron chi connectivity index (χ2n) is 21.3. The molecule has 0 heterocycles. The van der Waals surface area contributed by atoms with Crippen molar-refractivity contribution in [2.45, 2.75) is 143 Å². The first-order valence-electron chi connectivity index (χ1n) is 24.4. The van der Waals surface area contributed by atoms with Crippen molar-refractivity contribution in [1.29, 1.82) is 0 Å². The minimum absolute atomic E-state index is 0. The van der Waals surface area contributed by atoms with Gasteiger partial charge < -0.3 is 0 Å². The SMILES string of the molecule is Cl.Cl.[CH3][Zr](=[SiH2])([CH2]CC(F)(F)F)([CH]1C(CC2CCCCCC2)=Cc2c(-c3cc(C(F)(F)F)cc(C(F)(F)F)c3)cccc21)[CH]1C(CC2CCCCCC2)=Cc2c(-c3cc(C(F)(F)F)cc(C(F)(F)F)c3)cccc21. The van der Waals surface area contributed by atoms with Gasteiger partial charge in [-0.15, -0.1) is 24.8 Å². The average molecular weight is 1180 g/mol. The molecule has 4 aromatic rings. The molecule has 19 heteroatoms. The molecule has 4 aliphatic carbocycles. The van der Waals surface area contributed by atoms with Crippen LogP contribution in [0.15, 0.2) is 83.9 Å². The Labute approximate surface area is 430 Å². The molecule has 0 spiro atoms. The second kappa shape index (κ2) is 21.8. The molecule has 8 rings (SSSR count). The number of allylic oxidation sites excluding steroid dienone is 2. The second-order valence-corrected chi connectivity index (χ2v) is 49.7. The Morgan fingerprint density at radius 2 is 0.781 bits per heavy atom. The number of rotatable bonds is 10. The Morgan fingerprint density at radius 3 is 1.07 bits per heavy atom. The zero-order valence-corrected chi connectivity index (χ0v) is 45.4. The van der Waals surface area contributed by atoms with Gasteiger partial charge in [-0.05, 0) is 0 Å². The number of alkyl halides is 15. The molecule has 4 aromatic carbocycles. The van der Waals surface area contributed by atoms with E-state index in [1.165, 1.54) is 24.3 Å². The first-order chi connectivity index (χ1) is 33.0. The van der Waals surface area contributed by atoms with E-state index in [0.29, 0.717) is 59.4 Å². The van der Waals surface area contributed by atoms with Gasteiger partial charge in [0.05, 0.1) is 0 Å². The number of hydrogen-bond donors (Lipinski definition) is 0. The van der Waals surface area contributed by atoms with Crippen molar-refractivity contribution in [2.75, 3.05) is 0 Å².